The van der Waals surface area contributed by atoms with Gasteiger partial charge in [0.05, 0.1) is 17.1 Å². The predicted molar refractivity (Wildman–Crippen MR) is 144 cm³/mol. The Bertz CT molecular complexity index is 1480. The highest BCUT2D eigenvalue weighted by Gasteiger charge is 2.20. The molecular formula is C26H23BrN6O4. The Morgan fingerprint density at radius 1 is 1.05 bits per heavy atom. The van der Waals surface area contributed by atoms with Crippen LogP contribution in [0.2, 0.25) is 0 Å². The van der Waals surface area contributed by atoms with E-state index in [1.54, 1.807) is 60.7 Å². The molecule has 0 aliphatic heterocycles. The lowest BCUT2D eigenvalue weighted by molar-refractivity contribution is 0.0998. The summed E-state index contributed by atoms with van der Waals surface area (Å²) in [5.41, 5.74) is 7.87. The highest BCUT2D eigenvalue weighted by Crippen LogP contribution is 2.28. The Kier molecular flexibility index (Phi) is 7.63. The molecule has 1 atom stereocenters. The Balaban J connectivity index is 1.67. The minimum atomic E-state index is -1.10. The van der Waals surface area contributed by atoms with Gasteiger partial charge in [0.25, 0.3) is 11.8 Å². The maximum Gasteiger partial charge on any atom is 0.407 e. The summed E-state index contributed by atoms with van der Waals surface area (Å²) in [4.78, 5) is 45.9. The van der Waals surface area contributed by atoms with Crippen LogP contribution >= 0.6 is 15.9 Å². The third-order valence-corrected chi connectivity index (χ3v) is 6.21. The topological polar surface area (TPSA) is 151 Å². The molecule has 0 spiro atoms. The van der Waals surface area contributed by atoms with Crippen molar-refractivity contribution in [2.45, 2.75) is 6.04 Å². The van der Waals surface area contributed by atoms with Crippen LogP contribution in [0.4, 0.5) is 16.3 Å². The number of carboxylic acid groups (broad SMARTS) is 1. The number of nitrogens with two attached hydrogens (primary N) is 1. The lowest BCUT2D eigenvalue weighted by atomic mass is 10.0. The average Bonchev–Trinajstić information content (AvgIpc) is 2.88. The van der Waals surface area contributed by atoms with E-state index < -0.39 is 18.0 Å². The minimum absolute atomic E-state index is 0.0699. The zero-order valence-electron chi connectivity index (χ0n) is 19.7. The van der Waals surface area contributed by atoms with Crippen LogP contribution in [0.15, 0.2) is 77.5 Å². The second kappa shape index (κ2) is 11.0. The maximum atomic E-state index is 12.7. The van der Waals surface area contributed by atoms with E-state index in [1.807, 2.05) is 6.07 Å². The molecule has 0 radical (unpaired) electrons. The van der Waals surface area contributed by atoms with Crippen molar-refractivity contribution < 1.29 is 19.5 Å². The first-order valence-electron chi connectivity index (χ1n) is 11.1. The maximum absolute atomic E-state index is 12.7. The van der Waals surface area contributed by atoms with Crippen LogP contribution in [-0.2, 0) is 0 Å². The molecule has 4 rings (SSSR count). The molecule has 0 aliphatic carbocycles. The molecular weight excluding hydrogens is 540 g/mol. The SMILES string of the molecule is CN(CC(Nc1ncnc2c(C(N)=O)cccc12)c1cccc(NC(=O)c2ccc(Br)cc2)c1)C(=O)O. The number of carbonyl (C=O) groups excluding carboxylic acids is 2. The van der Waals surface area contributed by atoms with Crippen molar-refractivity contribution in [2.24, 2.45) is 5.73 Å². The van der Waals surface area contributed by atoms with Gasteiger partial charge >= 0.3 is 6.09 Å². The summed E-state index contributed by atoms with van der Waals surface area (Å²) in [6.45, 7) is 0.0699. The minimum Gasteiger partial charge on any atom is -0.465 e. The van der Waals surface area contributed by atoms with Gasteiger partial charge in [-0.15, -0.1) is 0 Å². The van der Waals surface area contributed by atoms with E-state index in [0.29, 0.717) is 33.5 Å². The van der Waals surface area contributed by atoms with E-state index in [2.05, 4.69) is 36.5 Å². The van der Waals surface area contributed by atoms with Crippen LogP contribution in [0.1, 0.15) is 32.3 Å². The van der Waals surface area contributed by atoms with Crippen molar-refractivity contribution in [2.75, 3.05) is 24.2 Å². The van der Waals surface area contributed by atoms with Gasteiger partial charge in [-0.2, -0.15) is 0 Å². The summed E-state index contributed by atoms with van der Waals surface area (Å²) in [6, 6.07) is 18.5. The first-order valence-corrected chi connectivity index (χ1v) is 11.9. The molecule has 0 aliphatic rings. The molecule has 1 heterocycles. The van der Waals surface area contributed by atoms with Crippen LogP contribution in [0.3, 0.4) is 0 Å². The predicted octanol–water partition coefficient (Wildman–Crippen LogP) is 4.51. The van der Waals surface area contributed by atoms with E-state index in [-0.39, 0.29) is 18.0 Å². The molecule has 11 heteroatoms. The Morgan fingerprint density at radius 3 is 2.49 bits per heavy atom. The van der Waals surface area contributed by atoms with Crippen molar-refractivity contribution >= 4 is 56.2 Å². The molecule has 1 aromatic heterocycles. The van der Waals surface area contributed by atoms with E-state index in [9.17, 15) is 19.5 Å². The fourth-order valence-electron chi connectivity index (χ4n) is 3.79. The zero-order valence-corrected chi connectivity index (χ0v) is 21.3. The number of rotatable bonds is 8. The molecule has 0 bridgehead atoms. The number of nitrogens with one attached hydrogen (secondary N) is 2. The van der Waals surface area contributed by atoms with E-state index >= 15 is 0 Å². The van der Waals surface area contributed by atoms with Crippen LogP contribution in [0.25, 0.3) is 10.9 Å². The summed E-state index contributed by atoms with van der Waals surface area (Å²) >= 11 is 3.35. The third-order valence-electron chi connectivity index (χ3n) is 5.68. The quantitative estimate of drug-likeness (QED) is 0.246. The molecule has 0 fully saturated rings. The van der Waals surface area contributed by atoms with Gasteiger partial charge in [0.1, 0.15) is 12.1 Å². The number of hydrogen-bond acceptors (Lipinski definition) is 6. The number of amides is 3. The first kappa shape index (κ1) is 25.6. The number of carbonyl (C=O) groups is 3. The average molecular weight is 563 g/mol. The van der Waals surface area contributed by atoms with Crippen molar-refractivity contribution in [3.05, 3.63) is 94.2 Å². The van der Waals surface area contributed by atoms with Crippen molar-refractivity contribution in [3.8, 4) is 0 Å². The molecule has 188 valence electrons. The monoisotopic (exact) mass is 562 g/mol. The van der Waals surface area contributed by atoms with Gasteiger partial charge in [0.15, 0.2) is 0 Å². The summed E-state index contributed by atoms with van der Waals surface area (Å²) in [7, 11) is 1.46. The Morgan fingerprint density at radius 2 is 1.78 bits per heavy atom. The number of likely N-dealkylation sites (N-methyl/N-ethyl adjacent to an activating group) is 1. The third kappa shape index (κ3) is 6.01. The Labute approximate surface area is 220 Å². The second-order valence-electron chi connectivity index (χ2n) is 8.23. The summed E-state index contributed by atoms with van der Waals surface area (Å²) in [6.07, 6.45) is 0.208. The molecule has 3 amide bonds. The van der Waals surface area contributed by atoms with Gasteiger partial charge in [0, 0.05) is 34.7 Å². The lowest BCUT2D eigenvalue weighted by Crippen LogP contribution is -2.32. The lowest BCUT2D eigenvalue weighted by Gasteiger charge is -2.25. The molecule has 1 unspecified atom stereocenters. The van der Waals surface area contributed by atoms with Gasteiger partial charge < -0.3 is 26.4 Å². The van der Waals surface area contributed by atoms with E-state index in [4.69, 9.17) is 5.73 Å². The number of halogens is 1. The van der Waals surface area contributed by atoms with Crippen molar-refractivity contribution in [1.82, 2.24) is 14.9 Å². The van der Waals surface area contributed by atoms with Crippen molar-refractivity contribution in [3.63, 3.8) is 0 Å². The van der Waals surface area contributed by atoms with E-state index in [1.165, 1.54) is 13.4 Å². The standard InChI is InChI=1S/C26H23BrN6O4/c1-33(26(36)37)13-21(32-24-20-7-3-6-19(23(28)34)22(20)29-14-30-24)16-4-2-5-18(12-16)31-25(35)15-8-10-17(27)11-9-15/h2-12,14,21H,13H2,1H3,(H2,28,34)(H,31,35)(H,36,37)(H,29,30,32). The smallest absolute Gasteiger partial charge is 0.407 e. The summed E-state index contributed by atoms with van der Waals surface area (Å²) in [5, 5.41) is 16.2. The molecule has 0 saturated heterocycles. The molecule has 0 saturated carbocycles. The number of benzene rings is 3. The second-order valence-corrected chi connectivity index (χ2v) is 9.15. The number of primary amides is 1. The molecule has 10 nitrogen and oxygen atoms in total. The highest BCUT2D eigenvalue weighted by atomic mass is 79.9. The van der Waals surface area contributed by atoms with Gasteiger partial charge in [0.2, 0.25) is 0 Å². The number of aromatic nitrogens is 2. The van der Waals surface area contributed by atoms with Crippen LogP contribution in [0, 0.1) is 0 Å². The molecule has 4 aromatic rings. The Hall–Kier alpha value is -4.51. The summed E-state index contributed by atoms with van der Waals surface area (Å²) < 4.78 is 0.864. The number of para-hydroxylation sites is 1. The number of fused-ring (bicyclic) bond motifs is 1. The van der Waals surface area contributed by atoms with Crippen LogP contribution in [0.5, 0.6) is 0 Å². The van der Waals surface area contributed by atoms with Crippen LogP contribution in [-0.4, -0.2) is 51.5 Å². The van der Waals surface area contributed by atoms with Gasteiger partial charge in [-0.05, 0) is 54.1 Å². The number of hydrogen-bond donors (Lipinski definition) is 4. The molecule has 3 aromatic carbocycles. The fraction of sp³-hybridized carbons (Fsp3) is 0.115. The number of anilines is 2. The van der Waals surface area contributed by atoms with Gasteiger partial charge in [-0.3, -0.25) is 9.59 Å². The van der Waals surface area contributed by atoms with Crippen LogP contribution < -0.4 is 16.4 Å². The van der Waals surface area contributed by atoms with Gasteiger partial charge in [-0.25, -0.2) is 14.8 Å². The number of nitrogens with zero attached hydrogens (tertiary/aromatic N) is 3. The highest BCUT2D eigenvalue weighted by molar-refractivity contribution is 9.10. The van der Waals surface area contributed by atoms with Gasteiger partial charge in [-0.1, -0.05) is 34.1 Å². The zero-order chi connectivity index (χ0) is 26.5. The fourth-order valence-corrected chi connectivity index (χ4v) is 4.05. The molecule has 37 heavy (non-hydrogen) atoms. The molecule has 5 N–H and O–H groups in total. The van der Waals surface area contributed by atoms with Crippen molar-refractivity contribution in [1.29, 1.82) is 0 Å². The first-order chi connectivity index (χ1) is 17.7. The van der Waals surface area contributed by atoms with E-state index in [0.717, 1.165) is 9.37 Å². The normalized spacial score (nSPS) is 11.5. The largest absolute Gasteiger partial charge is 0.465 e. The summed E-state index contributed by atoms with van der Waals surface area (Å²) in [5.74, 6) is -0.495.